The number of halogens is 3. The molecule has 0 amide bonds. The third-order valence-corrected chi connectivity index (χ3v) is 4.24. The third kappa shape index (κ3) is 3.55. The molecule has 5 nitrogen and oxygen atoms in total. The molecule has 23 heavy (non-hydrogen) atoms. The van der Waals surface area contributed by atoms with Gasteiger partial charge < -0.3 is 4.74 Å². The number of ether oxygens (including phenoxy) is 1. The van der Waals surface area contributed by atoms with Gasteiger partial charge in [-0.05, 0) is 25.0 Å². The summed E-state index contributed by atoms with van der Waals surface area (Å²) >= 11 is 0.902. The van der Waals surface area contributed by atoms with Gasteiger partial charge in [0, 0.05) is 28.8 Å². The summed E-state index contributed by atoms with van der Waals surface area (Å²) in [6.07, 6.45) is 0.135. The lowest BCUT2D eigenvalue weighted by atomic mass is 10.2. The number of carbonyl (C=O) groups is 2. The molecule has 9 heteroatoms. The highest BCUT2D eigenvalue weighted by Gasteiger charge is 2.42. The molecule has 1 aliphatic carbocycles. The smallest absolute Gasteiger partial charge is 0.382 e. The standard InChI is InChI=1S/C14H9F3N2O3S/c15-14(16,17)13(21)22-12(20)10-4-3-9(23-10)8-5-18-11(19-6-8)7-1-2-7/h3-7H,1-2H2. The lowest BCUT2D eigenvalue weighted by Gasteiger charge is -2.03. The normalized spacial score (nSPS) is 14.6. The Morgan fingerprint density at radius 3 is 2.39 bits per heavy atom. The van der Waals surface area contributed by atoms with Crippen molar-refractivity contribution in [1.29, 1.82) is 0 Å². The Bertz CT molecular complexity index is 751. The van der Waals surface area contributed by atoms with E-state index in [1.165, 1.54) is 12.1 Å². The van der Waals surface area contributed by atoms with Crippen LogP contribution >= 0.6 is 11.3 Å². The lowest BCUT2D eigenvalue weighted by Crippen LogP contribution is -2.27. The monoisotopic (exact) mass is 342 g/mol. The van der Waals surface area contributed by atoms with Gasteiger partial charge in [0.15, 0.2) is 0 Å². The van der Waals surface area contributed by atoms with Crippen LogP contribution in [0.5, 0.6) is 0 Å². The van der Waals surface area contributed by atoms with Crippen molar-refractivity contribution < 1.29 is 27.5 Å². The molecular weight excluding hydrogens is 333 g/mol. The minimum absolute atomic E-state index is 0.108. The minimum Gasteiger partial charge on any atom is -0.382 e. The summed E-state index contributed by atoms with van der Waals surface area (Å²) in [5, 5.41) is 0. The molecule has 1 saturated carbocycles. The van der Waals surface area contributed by atoms with Crippen LogP contribution < -0.4 is 0 Å². The van der Waals surface area contributed by atoms with E-state index >= 15 is 0 Å². The van der Waals surface area contributed by atoms with Crippen LogP contribution in [0.1, 0.15) is 34.3 Å². The first-order chi connectivity index (χ1) is 10.8. The topological polar surface area (TPSA) is 69.2 Å². The number of carbonyl (C=O) groups excluding carboxylic acids is 2. The van der Waals surface area contributed by atoms with E-state index in [0.29, 0.717) is 16.4 Å². The first-order valence-electron chi connectivity index (χ1n) is 6.60. The number of esters is 2. The molecule has 0 radical (unpaired) electrons. The van der Waals surface area contributed by atoms with Crippen LogP contribution in [0.3, 0.4) is 0 Å². The second-order valence-corrected chi connectivity index (χ2v) is 6.03. The average Bonchev–Trinajstić information content (AvgIpc) is 3.23. The van der Waals surface area contributed by atoms with Crippen molar-refractivity contribution >= 4 is 23.3 Å². The van der Waals surface area contributed by atoms with Gasteiger partial charge in [-0.25, -0.2) is 19.6 Å². The summed E-state index contributed by atoms with van der Waals surface area (Å²) in [4.78, 5) is 31.1. The van der Waals surface area contributed by atoms with Crippen molar-refractivity contribution in [2.45, 2.75) is 24.9 Å². The molecule has 0 aromatic carbocycles. The van der Waals surface area contributed by atoms with E-state index in [1.54, 1.807) is 12.4 Å². The van der Waals surface area contributed by atoms with Crippen LogP contribution in [0.15, 0.2) is 24.5 Å². The first kappa shape index (κ1) is 15.6. The molecule has 0 bridgehead atoms. The molecule has 2 heterocycles. The number of hydrogen-bond donors (Lipinski definition) is 0. The number of aromatic nitrogens is 2. The van der Waals surface area contributed by atoms with E-state index in [4.69, 9.17) is 0 Å². The molecule has 0 saturated heterocycles. The molecule has 120 valence electrons. The Morgan fingerprint density at radius 1 is 1.17 bits per heavy atom. The van der Waals surface area contributed by atoms with Crippen LogP contribution in [0.4, 0.5) is 13.2 Å². The summed E-state index contributed by atoms with van der Waals surface area (Å²) in [5.41, 5.74) is 0.639. The highest BCUT2D eigenvalue weighted by Crippen LogP contribution is 2.38. The number of hydrogen-bond acceptors (Lipinski definition) is 6. The Hall–Kier alpha value is -2.29. The second kappa shape index (κ2) is 5.73. The molecule has 0 atom stereocenters. The van der Waals surface area contributed by atoms with Gasteiger partial charge in [-0.15, -0.1) is 11.3 Å². The molecule has 2 aromatic heterocycles. The Labute approximate surface area is 132 Å². The Kier molecular flexibility index (Phi) is 3.88. The van der Waals surface area contributed by atoms with Gasteiger partial charge in [0.1, 0.15) is 10.7 Å². The van der Waals surface area contributed by atoms with Gasteiger partial charge in [-0.1, -0.05) is 0 Å². The third-order valence-electron chi connectivity index (χ3n) is 3.12. The minimum atomic E-state index is -5.21. The number of rotatable bonds is 3. The van der Waals surface area contributed by atoms with Crippen LogP contribution in [0, 0.1) is 0 Å². The molecular formula is C14H9F3N2O3S. The molecule has 0 aliphatic heterocycles. The number of thiophene rings is 1. The molecule has 0 N–H and O–H groups in total. The zero-order valence-electron chi connectivity index (χ0n) is 11.5. The molecule has 3 rings (SSSR count). The van der Waals surface area contributed by atoms with Crippen molar-refractivity contribution in [2.75, 3.05) is 0 Å². The zero-order chi connectivity index (χ0) is 16.6. The van der Waals surface area contributed by atoms with Crippen molar-refractivity contribution in [3.8, 4) is 10.4 Å². The van der Waals surface area contributed by atoms with Gasteiger partial charge in [0.05, 0.1) is 0 Å². The first-order valence-corrected chi connectivity index (χ1v) is 7.42. The summed E-state index contributed by atoms with van der Waals surface area (Å²) in [6, 6.07) is 2.83. The van der Waals surface area contributed by atoms with E-state index in [2.05, 4.69) is 14.7 Å². The summed E-state index contributed by atoms with van der Waals surface area (Å²) in [7, 11) is 0. The quantitative estimate of drug-likeness (QED) is 0.632. The highest BCUT2D eigenvalue weighted by molar-refractivity contribution is 7.17. The number of nitrogens with zero attached hydrogens (tertiary/aromatic N) is 2. The molecule has 2 aromatic rings. The maximum absolute atomic E-state index is 12.1. The summed E-state index contributed by atoms with van der Waals surface area (Å²) < 4.78 is 40.0. The molecule has 1 fully saturated rings. The predicted molar refractivity (Wildman–Crippen MR) is 73.8 cm³/mol. The average molecular weight is 342 g/mol. The van der Waals surface area contributed by atoms with Gasteiger partial charge in [-0.3, -0.25) is 0 Å². The van der Waals surface area contributed by atoms with Crippen molar-refractivity contribution in [1.82, 2.24) is 9.97 Å². The fraction of sp³-hybridized carbons (Fsp3) is 0.286. The fourth-order valence-electron chi connectivity index (χ4n) is 1.81. The van der Waals surface area contributed by atoms with Crippen LogP contribution in [0.2, 0.25) is 0 Å². The van der Waals surface area contributed by atoms with E-state index in [-0.39, 0.29) is 4.88 Å². The van der Waals surface area contributed by atoms with Gasteiger partial charge in [0.25, 0.3) is 0 Å². The maximum Gasteiger partial charge on any atom is 0.491 e. The SMILES string of the molecule is O=C(OC(=O)C(F)(F)F)c1ccc(-c2cnc(C3CC3)nc2)s1. The number of alkyl halides is 3. The van der Waals surface area contributed by atoms with E-state index in [9.17, 15) is 22.8 Å². The Balaban J connectivity index is 1.72. The largest absolute Gasteiger partial charge is 0.491 e. The molecule has 0 unspecified atom stereocenters. The summed E-state index contributed by atoms with van der Waals surface area (Å²) in [6.45, 7) is 0. The van der Waals surface area contributed by atoms with Gasteiger partial charge in [-0.2, -0.15) is 13.2 Å². The van der Waals surface area contributed by atoms with Gasteiger partial charge in [0.2, 0.25) is 0 Å². The second-order valence-electron chi connectivity index (χ2n) is 4.94. The molecule has 1 aliphatic rings. The lowest BCUT2D eigenvalue weighted by molar-refractivity contribution is -0.193. The van der Waals surface area contributed by atoms with Crippen molar-refractivity contribution in [3.05, 3.63) is 35.2 Å². The van der Waals surface area contributed by atoms with Crippen molar-refractivity contribution in [2.24, 2.45) is 0 Å². The zero-order valence-corrected chi connectivity index (χ0v) is 12.3. The van der Waals surface area contributed by atoms with Crippen molar-refractivity contribution in [3.63, 3.8) is 0 Å². The van der Waals surface area contributed by atoms with Gasteiger partial charge >= 0.3 is 18.1 Å². The fourth-order valence-corrected chi connectivity index (χ4v) is 2.67. The van der Waals surface area contributed by atoms with E-state index in [1.807, 2.05) is 0 Å². The maximum atomic E-state index is 12.1. The molecule has 0 spiro atoms. The summed E-state index contributed by atoms with van der Waals surface area (Å²) in [5.74, 6) is -2.69. The van der Waals surface area contributed by atoms with Crippen LogP contribution in [-0.4, -0.2) is 28.1 Å². The predicted octanol–water partition coefficient (Wildman–Crippen LogP) is 3.33. The van der Waals surface area contributed by atoms with Crippen LogP contribution in [-0.2, 0) is 9.53 Å². The van der Waals surface area contributed by atoms with Crippen LogP contribution in [0.25, 0.3) is 10.4 Å². The Morgan fingerprint density at radius 2 is 1.83 bits per heavy atom. The van der Waals surface area contributed by atoms with E-state index < -0.39 is 18.1 Å². The van der Waals surface area contributed by atoms with E-state index in [0.717, 1.165) is 30.0 Å². The highest BCUT2D eigenvalue weighted by atomic mass is 32.1.